The van der Waals surface area contributed by atoms with E-state index in [-0.39, 0.29) is 5.56 Å². The molecule has 2 rings (SSSR count). The van der Waals surface area contributed by atoms with Crippen LogP contribution in [0.3, 0.4) is 0 Å². The van der Waals surface area contributed by atoms with Gasteiger partial charge in [0.05, 0.1) is 11.1 Å². The largest absolute Gasteiger partial charge is 0.273 e. The SMILES string of the molecule is CCc1n[nH]c(=O)c2cnccc12. The minimum absolute atomic E-state index is 0.180. The van der Waals surface area contributed by atoms with Crippen molar-refractivity contribution in [2.75, 3.05) is 0 Å². The van der Waals surface area contributed by atoms with Gasteiger partial charge in [0.1, 0.15) is 0 Å². The van der Waals surface area contributed by atoms with E-state index in [0.29, 0.717) is 5.39 Å². The summed E-state index contributed by atoms with van der Waals surface area (Å²) in [5.74, 6) is 0. The van der Waals surface area contributed by atoms with Crippen molar-refractivity contribution < 1.29 is 0 Å². The van der Waals surface area contributed by atoms with Crippen LogP contribution in [0, 0.1) is 0 Å². The quantitative estimate of drug-likeness (QED) is 0.699. The van der Waals surface area contributed by atoms with E-state index >= 15 is 0 Å². The van der Waals surface area contributed by atoms with Crippen molar-refractivity contribution >= 4 is 10.8 Å². The van der Waals surface area contributed by atoms with Crippen LogP contribution in [0.4, 0.5) is 0 Å². The van der Waals surface area contributed by atoms with Crippen LogP contribution in [0.5, 0.6) is 0 Å². The van der Waals surface area contributed by atoms with Crippen LogP contribution in [-0.4, -0.2) is 15.2 Å². The molecule has 0 atom stereocenters. The monoisotopic (exact) mass is 175 g/mol. The molecule has 2 aromatic heterocycles. The van der Waals surface area contributed by atoms with Crippen LogP contribution < -0.4 is 5.56 Å². The summed E-state index contributed by atoms with van der Waals surface area (Å²) >= 11 is 0. The highest BCUT2D eigenvalue weighted by molar-refractivity contribution is 5.82. The Bertz CT molecular complexity index is 489. The Morgan fingerprint density at radius 1 is 1.46 bits per heavy atom. The molecular formula is C9H9N3O. The number of fused-ring (bicyclic) bond motifs is 1. The number of aromatic nitrogens is 3. The summed E-state index contributed by atoms with van der Waals surface area (Å²) in [5, 5.41) is 7.90. The van der Waals surface area contributed by atoms with Gasteiger partial charge in [-0.2, -0.15) is 5.10 Å². The maximum Gasteiger partial charge on any atom is 0.273 e. The Morgan fingerprint density at radius 3 is 3.08 bits per heavy atom. The molecule has 1 N–H and O–H groups in total. The third-order valence-corrected chi connectivity index (χ3v) is 2.00. The predicted molar refractivity (Wildman–Crippen MR) is 49.5 cm³/mol. The van der Waals surface area contributed by atoms with Gasteiger partial charge in [-0.05, 0) is 12.5 Å². The highest BCUT2D eigenvalue weighted by Gasteiger charge is 2.03. The van der Waals surface area contributed by atoms with Gasteiger partial charge in [0.25, 0.3) is 5.56 Å². The van der Waals surface area contributed by atoms with E-state index in [1.54, 1.807) is 12.4 Å². The molecule has 0 aliphatic carbocycles. The molecule has 2 heterocycles. The molecule has 0 saturated carbocycles. The van der Waals surface area contributed by atoms with E-state index in [1.165, 1.54) is 0 Å². The first-order chi connectivity index (χ1) is 6.33. The van der Waals surface area contributed by atoms with Crippen LogP contribution >= 0.6 is 0 Å². The molecule has 0 bridgehead atoms. The maximum atomic E-state index is 11.3. The van der Waals surface area contributed by atoms with Gasteiger partial charge in [-0.25, -0.2) is 5.10 Å². The minimum Gasteiger partial charge on any atom is -0.267 e. The van der Waals surface area contributed by atoms with Crippen LogP contribution in [0.1, 0.15) is 12.6 Å². The highest BCUT2D eigenvalue weighted by atomic mass is 16.1. The van der Waals surface area contributed by atoms with Crippen LogP contribution in [-0.2, 0) is 6.42 Å². The Balaban J connectivity index is 2.93. The first kappa shape index (κ1) is 7.91. The molecule has 0 aliphatic heterocycles. The number of hydrogen-bond donors (Lipinski definition) is 1. The summed E-state index contributed by atoms with van der Waals surface area (Å²) in [4.78, 5) is 15.2. The highest BCUT2D eigenvalue weighted by Crippen LogP contribution is 2.10. The standard InChI is InChI=1S/C9H9N3O/c1-2-8-6-3-4-10-5-7(6)9(13)12-11-8/h3-5H,2H2,1H3,(H,12,13). The lowest BCUT2D eigenvalue weighted by Crippen LogP contribution is -2.10. The summed E-state index contributed by atoms with van der Waals surface area (Å²) < 4.78 is 0. The Kier molecular flexibility index (Phi) is 1.81. The van der Waals surface area contributed by atoms with Gasteiger partial charge >= 0.3 is 0 Å². The fourth-order valence-corrected chi connectivity index (χ4v) is 1.34. The zero-order chi connectivity index (χ0) is 9.26. The van der Waals surface area contributed by atoms with Crippen molar-refractivity contribution in [2.45, 2.75) is 13.3 Å². The van der Waals surface area contributed by atoms with Crippen LogP contribution in [0.2, 0.25) is 0 Å². The normalized spacial score (nSPS) is 10.5. The van der Waals surface area contributed by atoms with Gasteiger partial charge in [0.2, 0.25) is 0 Å². The molecule has 0 unspecified atom stereocenters. The summed E-state index contributed by atoms with van der Waals surface area (Å²) in [6.07, 6.45) is 4.04. The average Bonchev–Trinajstić information content (AvgIpc) is 2.19. The van der Waals surface area contributed by atoms with Gasteiger partial charge in [-0.3, -0.25) is 9.78 Å². The van der Waals surface area contributed by atoms with Gasteiger partial charge in [-0.1, -0.05) is 6.92 Å². The molecule has 0 spiro atoms. The molecule has 0 aliphatic rings. The summed E-state index contributed by atoms with van der Waals surface area (Å²) in [6, 6.07) is 1.82. The second-order valence-electron chi connectivity index (χ2n) is 2.77. The second-order valence-corrected chi connectivity index (χ2v) is 2.77. The number of hydrogen-bond acceptors (Lipinski definition) is 3. The van der Waals surface area contributed by atoms with Crippen molar-refractivity contribution in [3.8, 4) is 0 Å². The summed E-state index contributed by atoms with van der Waals surface area (Å²) in [7, 11) is 0. The maximum absolute atomic E-state index is 11.3. The van der Waals surface area contributed by atoms with E-state index < -0.39 is 0 Å². The lowest BCUT2D eigenvalue weighted by atomic mass is 10.1. The van der Waals surface area contributed by atoms with E-state index in [2.05, 4.69) is 15.2 Å². The molecule has 13 heavy (non-hydrogen) atoms. The van der Waals surface area contributed by atoms with Crippen LogP contribution in [0.15, 0.2) is 23.3 Å². The molecule has 0 saturated heterocycles. The van der Waals surface area contributed by atoms with Gasteiger partial charge in [0.15, 0.2) is 0 Å². The van der Waals surface area contributed by atoms with Crippen molar-refractivity contribution in [3.05, 3.63) is 34.5 Å². The topological polar surface area (TPSA) is 58.6 Å². The van der Waals surface area contributed by atoms with Crippen molar-refractivity contribution in [3.63, 3.8) is 0 Å². The average molecular weight is 175 g/mol. The van der Waals surface area contributed by atoms with Gasteiger partial charge in [0, 0.05) is 17.8 Å². The Hall–Kier alpha value is -1.71. The number of H-pyrrole nitrogens is 1. The molecular weight excluding hydrogens is 166 g/mol. The van der Waals surface area contributed by atoms with E-state index in [4.69, 9.17) is 0 Å². The van der Waals surface area contributed by atoms with E-state index in [9.17, 15) is 4.79 Å². The van der Waals surface area contributed by atoms with Crippen molar-refractivity contribution in [1.82, 2.24) is 15.2 Å². The second kappa shape index (κ2) is 2.97. The molecule has 4 heteroatoms. The fourth-order valence-electron chi connectivity index (χ4n) is 1.34. The zero-order valence-electron chi connectivity index (χ0n) is 7.24. The van der Waals surface area contributed by atoms with E-state index in [1.807, 2.05) is 13.0 Å². The van der Waals surface area contributed by atoms with Gasteiger partial charge in [-0.15, -0.1) is 0 Å². The Labute approximate surface area is 74.6 Å². The molecule has 66 valence electrons. The molecule has 0 aromatic carbocycles. The minimum atomic E-state index is -0.180. The summed E-state index contributed by atoms with van der Waals surface area (Å²) in [6.45, 7) is 2.00. The smallest absolute Gasteiger partial charge is 0.267 e. The molecule has 0 amide bonds. The van der Waals surface area contributed by atoms with E-state index in [0.717, 1.165) is 17.5 Å². The number of pyridine rings is 1. The van der Waals surface area contributed by atoms with Crippen molar-refractivity contribution in [2.24, 2.45) is 0 Å². The number of aromatic amines is 1. The lowest BCUT2D eigenvalue weighted by molar-refractivity contribution is 0.917. The molecule has 2 aromatic rings. The third-order valence-electron chi connectivity index (χ3n) is 2.00. The third kappa shape index (κ3) is 1.20. The fraction of sp³-hybridized carbons (Fsp3) is 0.222. The number of rotatable bonds is 1. The zero-order valence-corrected chi connectivity index (χ0v) is 7.24. The molecule has 0 fully saturated rings. The summed E-state index contributed by atoms with van der Waals surface area (Å²) in [5.41, 5.74) is 0.720. The van der Waals surface area contributed by atoms with Crippen LogP contribution in [0.25, 0.3) is 10.8 Å². The molecule has 0 radical (unpaired) electrons. The lowest BCUT2D eigenvalue weighted by Gasteiger charge is -1.99. The molecule has 4 nitrogen and oxygen atoms in total. The van der Waals surface area contributed by atoms with Crippen molar-refractivity contribution in [1.29, 1.82) is 0 Å². The first-order valence-corrected chi connectivity index (χ1v) is 4.14. The van der Waals surface area contributed by atoms with Gasteiger partial charge < -0.3 is 0 Å². The number of nitrogens with zero attached hydrogens (tertiary/aromatic N) is 2. The number of aryl methyl sites for hydroxylation is 1. The number of nitrogens with one attached hydrogen (secondary N) is 1. The first-order valence-electron chi connectivity index (χ1n) is 4.14. The Morgan fingerprint density at radius 2 is 2.31 bits per heavy atom. The predicted octanol–water partition coefficient (Wildman–Crippen LogP) is 0.881.